The van der Waals surface area contributed by atoms with Crippen LogP contribution in [0.5, 0.6) is 0 Å². The van der Waals surface area contributed by atoms with E-state index in [1.165, 1.54) is 4.90 Å². The largest absolute Gasteiger partial charge is 0.444 e. The maximum atomic E-state index is 12.1. The molecule has 2 aromatic heterocycles. The molecule has 0 saturated heterocycles. The first-order valence-electron chi connectivity index (χ1n) is 10.0. The van der Waals surface area contributed by atoms with Crippen molar-refractivity contribution in [2.24, 2.45) is 0 Å². The molecule has 0 spiro atoms. The van der Waals surface area contributed by atoms with Crippen molar-refractivity contribution in [3.8, 4) is 11.3 Å². The van der Waals surface area contributed by atoms with Gasteiger partial charge in [-0.25, -0.2) is 14.3 Å². The number of imidazole rings is 1. The Balaban J connectivity index is 1.69. The maximum Gasteiger partial charge on any atom is 0.410 e. The highest BCUT2D eigenvalue weighted by Gasteiger charge is 2.19. The number of rotatable bonds is 6. The van der Waals surface area contributed by atoms with E-state index in [4.69, 9.17) is 4.74 Å². The number of nitrogens with zero attached hydrogens (tertiary/aromatic N) is 4. The van der Waals surface area contributed by atoms with Crippen LogP contribution in [0, 0.1) is 0 Å². The van der Waals surface area contributed by atoms with Crippen molar-refractivity contribution >= 4 is 23.5 Å². The first kappa shape index (κ1) is 22.1. The number of likely N-dealkylation sites (N-methyl/N-ethyl adjacent to an activating group) is 1. The van der Waals surface area contributed by atoms with E-state index in [1.807, 2.05) is 45.0 Å². The number of amides is 2. The van der Waals surface area contributed by atoms with Crippen LogP contribution in [0.2, 0.25) is 0 Å². The molecule has 9 heteroatoms. The molecule has 0 unspecified atom stereocenters. The summed E-state index contributed by atoms with van der Waals surface area (Å²) in [4.78, 5) is 29.7. The number of hydrogen-bond acceptors (Lipinski definition) is 6. The summed E-state index contributed by atoms with van der Waals surface area (Å²) in [6.45, 7) is 6.49. The summed E-state index contributed by atoms with van der Waals surface area (Å²) in [7, 11) is 3.30. The molecule has 2 heterocycles. The molecule has 0 bridgehead atoms. The molecule has 3 rings (SSSR count). The molecular formula is C22H28N6O3. The van der Waals surface area contributed by atoms with Crippen LogP contribution in [0.25, 0.3) is 16.9 Å². The van der Waals surface area contributed by atoms with Crippen LogP contribution in [0.3, 0.4) is 0 Å². The lowest BCUT2D eigenvalue weighted by Gasteiger charge is -2.24. The van der Waals surface area contributed by atoms with Gasteiger partial charge in [0.05, 0.1) is 11.9 Å². The van der Waals surface area contributed by atoms with Crippen LogP contribution < -0.4 is 10.6 Å². The van der Waals surface area contributed by atoms with Crippen LogP contribution >= 0.6 is 0 Å². The van der Waals surface area contributed by atoms with E-state index >= 15 is 0 Å². The Bertz CT molecular complexity index is 1070. The van der Waals surface area contributed by atoms with Gasteiger partial charge in [0.15, 0.2) is 5.65 Å². The molecular weight excluding hydrogens is 396 g/mol. The van der Waals surface area contributed by atoms with E-state index in [0.717, 1.165) is 11.3 Å². The summed E-state index contributed by atoms with van der Waals surface area (Å²) < 4.78 is 7.10. The van der Waals surface area contributed by atoms with Gasteiger partial charge in [-0.15, -0.1) is 5.10 Å². The molecule has 2 N–H and O–H groups in total. The number of ether oxygens (including phenoxy) is 1. The normalized spacial score (nSPS) is 11.3. The van der Waals surface area contributed by atoms with Crippen molar-refractivity contribution in [3.63, 3.8) is 0 Å². The average molecular weight is 425 g/mol. The number of nitrogens with one attached hydrogen (secondary N) is 2. The number of carbonyl (C=O) groups is 2. The number of aromatic nitrogens is 3. The quantitative estimate of drug-likeness (QED) is 0.631. The number of hydrogen-bond donors (Lipinski definition) is 2. The maximum absolute atomic E-state index is 12.1. The zero-order valence-electron chi connectivity index (χ0n) is 18.5. The molecule has 3 aromatic rings. The number of carbonyl (C=O) groups excluding carboxylic acids is 2. The summed E-state index contributed by atoms with van der Waals surface area (Å²) in [6.07, 6.45) is 1.38. The predicted octanol–water partition coefficient (Wildman–Crippen LogP) is 3.03. The Morgan fingerprint density at radius 1 is 1.13 bits per heavy atom. The van der Waals surface area contributed by atoms with Crippen molar-refractivity contribution in [1.82, 2.24) is 24.8 Å². The molecule has 0 aliphatic heterocycles. The molecule has 9 nitrogen and oxygen atoms in total. The van der Waals surface area contributed by atoms with Crippen LogP contribution in [0.4, 0.5) is 10.6 Å². The van der Waals surface area contributed by atoms with Gasteiger partial charge < -0.3 is 20.3 Å². The summed E-state index contributed by atoms with van der Waals surface area (Å²) in [6, 6.07) is 11.0. The van der Waals surface area contributed by atoms with Crippen LogP contribution in [0.15, 0.2) is 42.6 Å². The van der Waals surface area contributed by atoms with Crippen molar-refractivity contribution in [1.29, 1.82) is 0 Å². The Hall–Kier alpha value is -3.62. The first-order valence-corrected chi connectivity index (χ1v) is 10.0. The zero-order valence-corrected chi connectivity index (χ0v) is 18.5. The summed E-state index contributed by atoms with van der Waals surface area (Å²) in [5, 5.41) is 10.4. The van der Waals surface area contributed by atoms with Crippen molar-refractivity contribution in [2.45, 2.75) is 26.4 Å². The van der Waals surface area contributed by atoms with Gasteiger partial charge in [-0.3, -0.25) is 4.79 Å². The molecule has 0 aliphatic rings. The van der Waals surface area contributed by atoms with Gasteiger partial charge in [-0.1, -0.05) is 12.1 Å². The third kappa shape index (κ3) is 5.50. The minimum Gasteiger partial charge on any atom is -0.444 e. The molecule has 0 fully saturated rings. The molecule has 0 atom stereocenters. The number of anilines is 1. The standard InChI is InChI=1S/C22H28N6O3/c1-22(2,3)31-21(30)27(5)13-12-24-18-10-11-19-25-14-17(28(19)26-18)15-6-8-16(9-7-15)20(29)23-4/h6-11,14H,12-13H2,1-5H3,(H,23,29)(H,24,26). The minimum atomic E-state index is -0.526. The van der Waals surface area contributed by atoms with E-state index in [-0.39, 0.29) is 12.0 Å². The molecule has 0 aliphatic carbocycles. The van der Waals surface area contributed by atoms with Crippen LogP contribution in [0.1, 0.15) is 31.1 Å². The lowest BCUT2D eigenvalue weighted by Crippen LogP contribution is -2.36. The summed E-state index contributed by atoms with van der Waals surface area (Å²) in [5.74, 6) is 0.525. The first-order chi connectivity index (χ1) is 14.7. The zero-order chi connectivity index (χ0) is 22.6. The second-order valence-electron chi connectivity index (χ2n) is 8.12. The van der Waals surface area contributed by atoms with Crippen LogP contribution in [-0.4, -0.2) is 64.3 Å². The number of benzene rings is 1. The highest BCUT2D eigenvalue weighted by molar-refractivity contribution is 5.94. The highest BCUT2D eigenvalue weighted by Crippen LogP contribution is 2.21. The fourth-order valence-corrected chi connectivity index (χ4v) is 2.88. The third-order valence-electron chi connectivity index (χ3n) is 4.49. The van der Waals surface area contributed by atoms with Crippen LogP contribution in [-0.2, 0) is 4.74 Å². The molecule has 1 aromatic carbocycles. The van der Waals surface area contributed by atoms with Gasteiger partial charge in [-0.2, -0.15) is 0 Å². The van der Waals surface area contributed by atoms with E-state index < -0.39 is 5.60 Å². The molecule has 31 heavy (non-hydrogen) atoms. The Labute approximate surface area is 181 Å². The van der Waals surface area contributed by atoms with Crippen molar-refractivity contribution < 1.29 is 14.3 Å². The highest BCUT2D eigenvalue weighted by atomic mass is 16.6. The van der Waals surface area contributed by atoms with E-state index in [1.54, 1.807) is 36.9 Å². The smallest absolute Gasteiger partial charge is 0.410 e. The fraction of sp³-hybridized carbons (Fsp3) is 0.364. The van der Waals surface area contributed by atoms with E-state index in [9.17, 15) is 9.59 Å². The monoisotopic (exact) mass is 424 g/mol. The van der Waals surface area contributed by atoms with Gasteiger partial charge in [-0.05, 0) is 45.0 Å². The van der Waals surface area contributed by atoms with Gasteiger partial charge in [0.2, 0.25) is 0 Å². The van der Waals surface area contributed by atoms with Gasteiger partial charge in [0.1, 0.15) is 11.4 Å². The van der Waals surface area contributed by atoms with Crippen molar-refractivity contribution in [2.75, 3.05) is 32.5 Å². The molecule has 2 amide bonds. The lowest BCUT2D eigenvalue weighted by atomic mass is 10.1. The average Bonchev–Trinajstić information content (AvgIpc) is 3.15. The van der Waals surface area contributed by atoms with E-state index in [0.29, 0.717) is 30.1 Å². The number of fused-ring (bicyclic) bond motifs is 1. The Morgan fingerprint density at radius 3 is 2.48 bits per heavy atom. The van der Waals surface area contributed by atoms with Gasteiger partial charge >= 0.3 is 6.09 Å². The summed E-state index contributed by atoms with van der Waals surface area (Å²) >= 11 is 0. The topological polar surface area (TPSA) is 101 Å². The predicted molar refractivity (Wildman–Crippen MR) is 119 cm³/mol. The van der Waals surface area contributed by atoms with E-state index in [2.05, 4.69) is 20.7 Å². The summed E-state index contributed by atoms with van der Waals surface area (Å²) in [5.41, 5.74) is 2.48. The second-order valence-corrected chi connectivity index (χ2v) is 8.12. The van der Waals surface area contributed by atoms with Gasteiger partial charge in [0, 0.05) is 38.3 Å². The Morgan fingerprint density at radius 2 is 1.84 bits per heavy atom. The molecule has 0 radical (unpaired) electrons. The Kier molecular flexibility index (Phi) is 6.43. The molecule has 164 valence electrons. The fourth-order valence-electron chi connectivity index (χ4n) is 2.88. The minimum absolute atomic E-state index is 0.134. The van der Waals surface area contributed by atoms with Gasteiger partial charge in [0.25, 0.3) is 5.91 Å². The second kappa shape index (κ2) is 9.03. The lowest BCUT2D eigenvalue weighted by molar-refractivity contribution is 0.0305. The molecule has 0 saturated carbocycles. The van der Waals surface area contributed by atoms with Crippen molar-refractivity contribution in [3.05, 3.63) is 48.2 Å². The third-order valence-corrected chi connectivity index (χ3v) is 4.49. The SMILES string of the molecule is CNC(=O)c1ccc(-c2cnc3ccc(NCCN(C)C(=O)OC(C)(C)C)nn23)cc1.